The van der Waals surface area contributed by atoms with Crippen LogP contribution in [0.15, 0.2) is 0 Å². The number of hydrogen-bond acceptors (Lipinski definition) is 1. The van der Waals surface area contributed by atoms with E-state index in [2.05, 4.69) is 5.32 Å². The second kappa shape index (κ2) is 3.28. The van der Waals surface area contributed by atoms with E-state index in [0.717, 1.165) is 6.42 Å². The van der Waals surface area contributed by atoms with Crippen LogP contribution in [0.3, 0.4) is 0 Å². The predicted molar refractivity (Wildman–Crippen MR) is 36.5 cm³/mol. The molecule has 1 aliphatic carbocycles. The van der Waals surface area contributed by atoms with Gasteiger partial charge in [-0.05, 0) is 26.3 Å². The Morgan fingerprint density at radius 1 is 1.20 bits per heavy atom. The maximum atomic E-state index is 12.6. The molecule has 0 amide bonds. The molecule has 1 nitrogen and oxygen atoms in total. The summed E-state index contributed by atoms with van der Waals surface area (Å²) in [5.41, 5.74) is 0. The van der Waals surface area contributed by atoms with Gasteiger partial charge in [0.05, 0.1) is 0 Å². The molecule has 1 aliphatic rings. The van der Waals surface area contributed by atoms with Gasteiger partial charge in [0.1, 0.15) is 12.3 Å². The summed E-state index contributed by atoms with van der Waals surface area (Å²) in [5.74, 6) is 0. The Bertz CT molecular complexity index is 108. The second-order valence-corrected chi connectivity index (χ2v) is 2.83. The first-order valence-corrected chi connectivity index (χ1v) is 3.69. The Labute approximate surface area is 59.8 Å². The minimum Gasteiger partial charge on any atom is -0.317 e. The fraction of sp³-hybridized carbons (Fsp3) is 1.00. The zero-order valence-corrected chi connectivity index (χ0v) is 6.11. The van der Waals surface area contributed by atoms with Crippen molar-refractivity contribution >= 4 is 0 Å². The lowest BCUT2D eigenvalue weighted by Crippen LogP contribution is -2.37. The van der Waals surface area contributed by atoms with Gasteiger partial charge in [0.2, 0.25) is 0 Å². The van der Waals surface area contributed by atoms with E-state index in [1.54, 1.807) is 7.05 Å². The van der Waals surface area contributed by atoms with Crippen LogP contribution in [0.2, 0.25) is 0 Å². The average Bonchev–Trinajstić information content (AvgIpc) is 1.95. The molecule has 0 radical (unpaired) electrons. The highest BCUT2D eigenvalue weighted by Gasteiger charge is 2.29. The fourth-order valence-electron chi connectivity index (χ4n) is 1.34. The van der Waals surface area contributed by atoms with Crippen molar-refractivity contribution in [3.63, 3.8) is 0 Å². The normalized spacial score (nSPS) is 41.7. The molecule has 0 saturated heterocycles. The van der Waals surface area contributed by atoms with Crippen LogP contribution in [0.5, 0.6) is 0 Å². The summed E-state index contributed by atoms with van der Waals surface area (Å²) in [4.78, 5) is 0. The Kier molecular flexibility index (Phi) is 2.60. The lowest BCUT2D eigenvalue weighted by molar-refractivity contribution is 0.103. The third-order valence-corrected chi connectivity index (χ3v) is 2.10. The Balaban J connectivity index is 2.33. The van der Waals surface area contributed by atoms with E-state index in [4.69, 9.17) is 0 Å². The molecule has 0 aromatic rings. The van der Waals surface area contributed by atoms with E-state index in [9.17, 15) is 8.78 Å². The highest BCUT2D eigenvalue weighted by Crippen LogP contribution is 2.23. The molecule has 1 rings (SSSR count). The van der Waals surface area contributed by atoms with Gasteiger partial charge in [-0.25, -0.2) is 8.78 Å². The molecule has 3 atom stereocenters. The van der Waals surface area contributed by atoms with Crippen LogP contribution in [-0.4, -0.2) is 25.4 Å². The van der Waals surface area contributed by atoms with E-state index in [-0.39, 0.29) is 6.04 Å². The molecule has 3 heteroatoms. The van der Waals surface area contributed by atoms with E-state index in [1.807, 2.05) is 0 Å². The lowest BCUT2D eigenvalue weighted by Gasteiger charge is -2.26. The van der Waals surface area contributed by atoms with Crippen LogP contribution in [0.1, 0.15) is 19.3 Å². The Morgan fingerprint density at radius 2 is 1.90 bits per heavy atom. The number of halogens is 2. The number of rotatable bonds is 1. The summed E-state index contributed by atoms with van der Waals surface area (Å²) < 4.78 is 25.1. The molecule has 60 valence electrons. The van der Waals surface area contributed by atoms with Crippen molar-refractivity contribution in [1.29, 1.82) is 0 Å². The predicted octanol–water partition coefficient (Wildman–Crippen LogP) is 1.43. The van der Waals surface area contributed by atoms with E-state index < -0.39 is 12.3 Å². The summed E-state index contributed by atoms with van der Waals surface area (Å²) in [6.45, 7) is 0. The first-order valence-electron chi connectivity index (χ1n) is 3.69. The standard InChI is InChI=1S/C7H13F2N/c1-10-5-2-3-6(8)7(9)4-5/h5-7,10H,2-4H2,1H3/t5-,6?,7?/m1/s1. The number of nitrogens with one attached hydrogen (secondary N) is 1. The van der Waals surface area contributed by atoms with Crippen LogP contribution in [-0.2, 0) is 0 Å². The van der Waals surface area contributed by atoms with Crippen LogP contribution >= 0.6 is 0 Å². The third-order valence-electron chi connectivity index (χ3n) is 2.10. The van der Waals surface area contributed by atoms with E-state index in [1.165, 1.54) is 0 Å². The molecule has 0 bridgehead atoms. The van der Waals surface area contributed by atoms with Crippen molar-refractivity contribution in [1.82, 2.24) is 5.32 Å². The lowest BCUT2D eigenvalue weighted by atomic mass is 9.93. The van der Waals surface area contributed by atoms with Crippen LogP contribution in [0.4, 0.5) is 8.78 Å². The summed E-state index contributed by atoms with van der Waals surface area (Å²) >= 11 is 0. The quantitative estimate of drug-likeness (QED) is 0.594. The summed E-state index contributed by atoms with van der Waals surface area (Å²) in [6, 6.07) is 0.182. The Morgan fingerprint density at radius 3 is 2.40 bits per heavy atom. The zero-order valence-electron chi connectivity index (χ0n) is 6.11. The van der Waals surface area contributed by atoms with Gasteiger partial charge < -0.3 is 5.32 Å². The van der Waals surface area contributed by atoms with E-state index in [0.29, 0.717) is 12.8 Å². The largest absolute Gasteiger partial charge is 0.317 e. The molecule has 0 spiro atoms. The molecule has 1 fully saturated rings. The first-order chi connectivity index (χ1) is 4.74. The maximum Gasteiger partial charge on any atom is 0.133 e. The summed E-state index contributed by atoms with van der Waals surface area (Å²) in [7, 11) is 1.79. The van der Waals surface area contributed by atoms with Crippen molar-refractivity contribution < 1.29 is 8.78 Å². The molecule has 1 N–H and O–H groups in total. The molecule has 0 heterocycles. The fourth-order valence-corrected chi connectivity index (χ4v) is 1.34. The van der Waals surface area contributed by atoms with Crippen molar-refractivity contribution in [2.75, 3.05) is 7.05 Å². The van der Waals surface area contributed by atoms with Crippen molar-refractivity contribution in [2.45, 2.75) is 37.6 Å². The van der Waals surface area contributed by atoms with Gasteiger partial charge in [-0.3, -0.25) is 0 Å². The monoisotopic (exact) mass is 149 g/mol. The van der Waals surface area contributed by atoms with E-state index >= 15 is 0 Å². The molecule has 2 unspecified atom stereocenters. The van der Waals surface area contributed by atoms with Gasteiger partial charge in [0.25, 0.3) is 0 Å². The minimum atomic E-state index is -1.24. The van der Waals surface area contributed by atoms with Gasteiger partial charge in [-0.1, -0.05) is 0 Å². The molecule has 0 aromatic heterocycles. The maximum absolute atomic E-state index is 12.6. The molecule has 1 saturated carbocycles. The third kappa shape index (κ3) is 1.66. The van der Waals surface area contributed by atoms with Crippen molar-refractivity contribution in [3.8, 4) is 0 Å². The summed E-state index contributed by atoms with van der Waals surface area (Å²) in [6.07, 6.45) is -1.00. The van der Waals surface area contributed by atoms with Crippen molar-refractivity contribution in [3.05, 3.63) is 0 Å². The van der Waals surface area contributed by atoms with Gasteiger partial charge in [-0.2, -0.15) is 0 Å². The highest BCUT2D eigenvalue weighted by molar-refractivity contribution is 4.82. The minimum absolute atomic E-state index is 0.182. The number of hydrogen-bond donors (Lipinski definition) is 1. The number of alkyl halides is 2. The van der Waals surface area contributed by atoms with Crippen molar-refractivity contribution in [2.24, 2.45) is 0 Å². The topological polar surface area (TPSA) is 12.0 Å². The van der Waals surface area contributed by atoms with Crippen LogP contribution in [0, 0.1) is 0 Å². The highest BCUT2D eigenvalue weighted by atomic mass is 19.2. The van der Waals surface area contributed by atoms with Gasteiger partial charge in [0, 0.05) is 6.04 Å². The molecular weight excluding hydrogens is 136 g/mol. The van der Waals surface area contributed by atoms with Crippen LogP contribution in [0.25, 0.3) is 0 Å². The zero-order chi connectivity index (χ0) is 7.56. The van der Waals surface area contributed by atoms with Crippen LogP contribution < -0.4 is 5.32 Å². The Hall–Kier alpha value is -0.180. The summed E-state index contributed by atoms with van der Waals surface area (Å²) in [5, 5.41) is 2.95. The molecule has 0 aliphatic heterocycles. The molecule has 10 heavy (non-hydrogen) atoms. The average molecular weight is 149 g/mol. The molecular formula is C7H13F2N. The molecule has 0 aromatic carbocycles. The van der Waals surface area contributed by atoms with Gasteiger partial charge in [0.15, 0.2) is 0 Å². The smallest absolute Gasteiger partial charge is 0.133 e. The first kappa shape index (κ1) is 7.92. The van der Waals surface area contributed by atoms with Gasteiger partial charge >= 0.3 is 0 Å². The second-order valence-electron chi connectivity index (χ2n) is 2.83. The van der Waals surface area contributed by atoms with Gasteiger partial charge in [-0.15, -0.1) is 0 Å². The SMILES string of the molecule is CN[C@@H]1CCC(F)C(F)C1.